The maximum absolute atomic E-state index is 3.73. The Morgan fingerprint density at radius 1 is 0.543 bits per heavy atom. The van der Waals surface area contributed by atoms with Crippen molar-refractivity contribution in [3.63, 3.8) is 0 Å². The molecule has 0 unspecified atom stereocenters. The van der Waals surface area contributed by atoms with Crippen LogP contribution in [0, 0.1) is 0 Å². The molecule has 0 radical (unpaired) electrons. The summed E-state index contributed by atoms with van der Waals surface area (Å²) in [7, 11) is 0. The zero-order chi connectivity index (χ0) is 22.9. The van der Waals surface area contributed by atoms with Crippen LogP contribution in [0.25, 0.3) is 66.1 Å². The second-order valence-electron chi connectivity index (χ2n) is 9.15. The molecule has 4 aromatic carbocycles. The number of para-hydroxylation sites is 2. The van der Waals surface area contributed by atoms with Crippen molar-refractivity contribution in [2.45, 2.75) is 0 Å². The first-order valence-corrected chi connectivity index (χ1v) is 12.0. The van der Waals surface area contributed by atoms with E-state index < -0.39 is 0 Å². The number of hydrogen-bond donors (Lipinski definition) is 1. The molecule has 3 heteroatoms. The van der Waals surface area contributed by atoms with E-state index in [0.717, 1.165) is 5.52 Å². The number of benzene rings is 4. The van der Waals surface area contributed by atoms with Crippen molar-refractivity contribution in [1.29, 1.82) is 0 Å². The van der Waals surface area contributed by atoms with Crippen LogP contribution < -0.4 is 0 Å². The van der Waals surface area contributed by atoms with Gasteiger partial charge in [-0.25, -0.2) is 0 Å². The topological polar surface area (TPSA) is 25.1 Å². The molecule has 8 aromatic rings. The van der Waals surface area contributed by atoms with Crippen LogP contribution in [0.15, 0.2) is 121 Å². The first kappa shape index (κ1) is 18.6. The van der Waals surface area contributed by atoms with E-state index in [1.165, 1.54) is 60.6 Å². The summed E-state index contributed by atoms with van der Waals surface area (Å²) in [6.45, 7) is 0. The molecule has 0 saturated carbocycles. The van der Waals surface area contributed by atoms with Gasteiger partial charge in [-0.1, -0.05) is 72.8 Å². The number of rotatable bonds is 2. The number of fused-ring (bicyclic) bond motifs is 8. The molecular weight excluding hydrogens is 426 g/mol. The summed E-state index contributed by atoms with van der Waals surface area (Å²) in [6, 6.07) is 41.3. The zero-order valence-corrected chi connectivity index (χ0v) is 18.9. The lowest BCUT2D eigenvalue weighted by Crippen LogP contribution is -1.93. The predicted octanol–water partition coefficient (Wildman–Crippen LogP) is 8.34. The molecule has 0 aliphatic heterocycles. The van der Waals surface area contributed by atoms with Crippen molar-refractivity contribution >= 4 is 49.1 Å². The first-order valence-electron chi connectivity index (χ1n) is 12.0. The average Bonchev–Trinajstić information content (AvgIpc) is 3.56. The second kappa shape index (κ2) is 6.87. The SMILES string of the molecule is c1ccc(-c2c3c4cc(-n5c6ccccc6c6ccccc65)ccc4[nH]c3c3ccccn23)cc1. The Bertz CT molecular complexity index is 2000. The zero-order valence-electron chi connectivity index (χ0n) is 18.9. The van der Waals surface area contributed by atoms with Crippen LogP contribution >= 0.6 is 0 Å². The van der Waals surface area contributed by atoms with E-state index in [-0.39, 0.29) is 0 Å². The molecule has 4 heterocycles. The fraction of sp³-hybridized carbons (Fsp3) is 0. The van der Waals surface area contributed by atoms with Gasteiger partial charge in [0.15, 0.2) is 0 Å². The summed E-state index contributed by atoms with van der Waals surface area (Å²) >= 11 is 0. The van der Waals surface area contributed by atoms with Gasteiger partial charge in [-0.05, 0) is 48.0 Å². The third kappa shape index (κ3) is 2.50. The Labute approximate surface area is 201 Å². The highest BCUT2D eigenvalue weighted by atomic mass is 15.0. The molecule has 3 nitrogen and oxygen atoms in total. The normalized spacial score (nSPS) is 12.0. The van der Waals surface area contributed by atoms with Crippen LogP contribution in [0.4, 0.5) is 0 Å². The number of aromatic amines is 1. The number of nitrogens with zero attached hydrogens (tertiary/aromatic N) is 2. The molecule has 1 N–H and O–H groups in total. The summed E-state index contributed by atoms with van der Waals surface area (Å²) in [5.74, 6) is 0. The van der Waals surface area contributed by atoms with Crippen molar-refractivity contribution in [1.82, 2.24) is 14.0 Å². The van der Waals surface area contributed by atoms with Gasteiger partial charge in [0.2, 0.25) is 0 Å². The monoisotopic (exact) mass is 447 g/mol. The van der Waals surface area contributed by atoms with E-state index in [1.807, 2.05) is 0 Å². The van der Waals surface area contributed by atoms with Crippen molar-refractivity contribution in [2.75, 3.05) is 0 Å². The van der Waals surface area contributed by atoms with Gasteiger partial charge in [0.05, 0.1) is 27.8 Å². The predicted molar refractivity (Wildman–Crippen MR) is 147 cm³/mol. The minimum Gasteiger partial charge on any atom is -0.353 e. The molecule has 0 amide bonds. The highest BCUT2D eigenvalue weighted by molar-refractivity contribution is 6.20. The number of pyridine rings is 1. The largest absolute Gasteiger partial charge is 0.353 e. The summed E-state index contributed by atoms with van der Waals surface area (Å²) in [5.41, 5.74) is 9.59. The van der Waals surface area contributed by atoms with E-state index in [9.17, 15) is 0 Å². The summed E-state index contributed by atoms with van der Waals surface area (Å²) < 4.78 is 4.70. The molecule has 0 atom stereocenters. The van der Waals surface area contributed by atoms with Crippen LogP contribution in [0.1, 0.15) is 0 Å². The third-order valence-corrected chi connectivity index (χ3v) is 7.26. The Balaban J connectivity index is 1.52. The minimum absolute atomic E-state index is 1.16. The maximum Gasteiger partial charge on any atom is 0.0731 e. The Morgan fingerprint density at radius 2 is 1.20 bits per heavy atom. The van der Waals surface area contributed by atoms with Crippen LogP contribution in [-0.4, -0.2) is 14.0 Å². The average molecular weight is 448 g/mol. The minimum atomic E-state index is 1.16. The molecule has 0 saturated heterocycles. The lowest BCUT2D eigenvalue weighted by Gasteiger charge is -2.09. The molecule has 0 aliphatic carbocycles. The third-order valence-electron chi connectivity index (χ3n) is 7.26. The number of H-pyrrole nitrogens is 1. The molecule has 35 heavy (non-hydrogen) atoms. The van der Waals surface area contributed by atoms with Crippen molar-refractivity contribution in [3.05, 3.63) is 121 Å². The van der Waals surface area contributed by atoms with Crippen molar-refractivity contribution in [3.8, 4) is 16.9 Å². The highest BCUT2D eigenvalue weighted by Gasteiger charge is 2.19. The van der Waals surface area contributed by atoms with Gasteiger partial charge < -0.3 is 14.0 Å². The van der Waals surface area contributed by atoms with Crippen LogP contribution in [-0.2, 0) is 0 Å². The molecule has 0 bridgehead atoms. The van der Waals surface area contributed by atoms with E-state index in [4.69, 9.17) is 0 Å². The van der Waals surface area contributed by atoms with Gasteiger partial charge in [0, 0.05) is 38.9 Å². The Morgan fingerprint density at radius 3 is 1.97 bits per heavy atom. The molecule has 0 spiro atoms. The van der Waals surface area contributed by atoms with Crippen molar-refractivity contribution in [2.24, 2.45) is 0 Å². The van der Waals surface area contributed by atoms with E-state index in [1.54, 1.807) is 0 Å². The number of aromatic nitrogens is 3. The molecule has 0 fully saturated rings. The number of hydrogen-bond acceptors (Lipinski definition) is 0. The highest BCUT2D eigenvalue weighted by Crippen LogP contribution is 2.40. The standard InChI is InChI=1S/C32H21N3/c1-2-10-21(11-3-1)32-30-25-20-22(17-18-26(25)33-31(30)29-16-8-9-19-34(29)32)35-27-14-6-4-12-23(27)24-13-5-7-15-28(24)35/h1-20,33H. The van der Waals surface area contributed by atoms with Crippen molar-refractivity contribution < 1.29 is 0 Å². The van der Waals surface area contributed by atoms with Gasteiger partial charge in [0.1, 0.15) is 0 Å². The quantitative estimate of drug-likeness (QED) is 0.275. The molecule has 0 aliphatic rings. The molecule has 164 valence electrons. The van der Waals surface area contributed by atoms with Gasteiger partial charge in [-0.15, -0.1) is 0 Å². The van der Waals surface area contributed by atoms with Gasteiger partial charge >= 0.3 is 0 Å². The molecule has 4 aromatic heterocycles. The summed E-state index contributed by atoms with van der Waals surface area (Å²) in [4.78, 5) is 3.73. The van der Waals surface area contributed by atoms with E-state index >= 15 is 0 Å². The molecule has 8 rings (SSSR count). The van der Waals surface area contributed by atoms with Crippen LogP contribution in [0.5, 0.6) is 0 Å². The van der Waals surface area contributed by atoms with Gasteiger partial charge in [0.25, 0.3) is 0 Å². The van der Waals surface area contributed by atoms with E-state index in [0.29, 0.717) is 0 Å². The number of nitrogens with one attached hydrogen (secondary N) is 1. The maximum atomic E-state index is 3.73. The van der Waals surface area contributed by atoms with Crippen LogP contribution in [0.2, 0.25) is 0 Å². The fourth-order valence-electron chi connectivity index (χ4n) is 5.80. The summed E-state index contributed by atoms with van der Waals surface area (Å²) in [5, 5.41) is 5.06. The first-order chi connectivity index (χ1) is 17.4. The van der Waals surface area contributed by atoms with Gasteiger partial charge in [-0.3, -0.25) is 0 Å². The second-order valence-corrected chi connectivity index (χ2v) is 9.15. The van der Waals surface area contributed by atoms with Crippen LogP contribution in [0.3, 0.4) is 0 Å². The summed E-state index contributed by atoms with van der Waals surface area (Å²) in [6.07, 6.45) is 2.16. The van der Waals surface area contributed by atoms with E-state index in [2.05, 4.69) is 135 Å². The smallest absolute Gasteiger partial charge is 0.0731 e. The Hall–Kier alpha value is -4.76. The fourth-order valence-corrected chi connectivity index (χ4v) is 5.80. The lowest BCUT2D eigenvalue weighted by atomic mass is 10.1. The molecular formula is C32H21N3. The lowest BCUT2D eigenvalue weighted by molar-refractivity contribution is 1.18. The van der Waals surface area contributed by atoms with Gasteiger partial charge in [-0.2, -0.15) is 0 Å². The Kier molecular flexibility index (Phi) is 3.66.